The van der Waals surface area contributed by atoms with Crippen LogP contribution in [0.25, 0.3) is 0 Å². The van der Waals surface area contributed by atoms with E-state index in [9.17, 15) is 9.59 Å². The molecule has 0 atom stereocenters. The van der Waals surface area contributed by atoms with Crippen molar-refractivity contribution in [2.45, 2.75) is 6.92 Å². The number of carbonyl (C=O) groups is 2. The van der Waals surface area contributed by atoms with E-state index >= 15 is 0 Å². The molecule has 0 saturated carbocycles. The van der Waals surface area contributed by atoms with Crippen LogP contribution in [-0.4, -0.2) is 23.8 Å². The van der Waals surface area contributed by atoms with E-state index in [1.54, 1.807) is 31.2 Å². The monoisotopic (exact) mass is 275 g/mol. The lowest BCUT2D eigenvalue weighted by molar-refractivity contribution is 0.0527. The van der Waals surface area contributed by atoms with Crippen LogP contribution in [0.5, 0.6) is 0 Å². The van der Waals surface area contributed by atoms with Crippen LogP contribution in [-0.2, 0) is 4.74 Å². The molecule has 0 fully saturated rings. The molecule has 2 N–H and O–H groups in total. The van der Waals surface area contributed by atoms with Gasteiger partial charge in [0.15, 0.2) is 0 Å². The van der Waals surface area contributed by atoms with Gasteiger partial charge < -0.3 is 14.6 Å². The second kappa shape index (κ2) is 6.37. The summed E-state index contributed by atoms with van der Waals surface area (Å²) in [5.41, 5.74) is 0.630. The molecular weight excluding hydrogens is 262 g/mol. The summed E-state index contributed by atoms with van der Waals surface area (Å²) in [6, 6.07) is 7.52. The van der Waals surface area contributed by atoms with Gasteiger partial charge in [-0.2, -0.15) is 0 Å². The fourth-order valence-electron chi connectivity index (χ4n) is 1.52. The Morgan fingerprint density at radius 2 is 2.05 bits per heavy atom. The third-order valence-corrected chi connectivity index (χ3v) is 2.35. The average Bonchev–Trinajstić information content (AvgIpc) is 2.92. The number of hydrogen-bond acceptors (Lipinski definition) is 5. The molecule has 0 radical (unpaired) electrons. The van der Waals surface area contributed by atoms with Gasteiger partial charge in [0.25, 0.3) is 0 Å². The summed E-state index contributed by atoms with van der Waals surface area (Å²) < 4.78 is 9.66. The van der Waals surface area contributed by atoms with Crippen LogP contribution >= 0.6 is 0 Å². The van der Waals surface area contributed by atoms with Crippen LogP contribution in [0.3, 0.4) is 0 Å². The minimum absolute atomic E-state index is 0.205. The van der Waals surface area contributed by atoms with Crippen LogP contribution in [0.1, 0.15) is 17.3 Å². The van der Waals surface area contributed by atoms with Gasteiger partial charge in [-0.25, -0.2) is 9.59 Å². The van der Waals surface area contributed by atoms with E-state index in [1.165, 1.54) is 12.3 Å². The number of hydrogen-bond donors (Lipinski definition) is 2. The number of benzene rings is 1. The maximum Gasteiger partial charge on any atom is 0.340 e. The van der Waals surface area contributed by atoms with Crippen molar-refractivity contribution < 1.29 is 18.8 Å². The topological polar surface area (TPSA) is 93.5 Å². The van der Waals surface area contributed by atoms with Crippen molar-refractivity contribution in [1.82, 2.24) is 5.16 Å². The zero-order valence-electron chi connectivity index (χ0n) is 10.8. The van der Waals surface area contributed by atoms with Crippen LogP contribution in [0, 0.1) is 0 Å². The Hall–Kier alpha value is -2.83. The van der Waals surface area contributed by atoms with E-state index in [1.807, 2.05) is 0 Å². The van der Waals surface area contributed by atoms with E-state index < -0.39 is 12.0 Å². The smallest absolute Gasteiger partial charge is 0.340 e. The van der Waals surface area contributed by atoms with Gasteiger partial charge in [0, 0.05) is 6.07 Å². The molecule has 7 heteroatoms. The predicted octanol–water partition coefficient (Wildman–Crippen LogP) is 2.50. The van der Waals surface area contributed by atoms with Crippen molar-refractivity contribution in [1.29, 1.82) is 0 Å². The van der Waals surface area contributed by atoms with Crippen molar-refractivity contribution in [3.8, 4) is 0 Å². The normalized spacial score (nSPS) is 9.85. The molecule has 2 amide bonds. The van der Waals surface area contributed by atoms with E-state index in [-0.39, 0.29) is 18.1 Å². The quantitative estimate of drug-likeness (QED) is 0.836. The first-order valence-electron chi connectivity index (χ1n) is 5.95. The van der Waals surface area contributed by atoms with Crippen LogP contribution in [0.15, 0.2) is 41.1 Å². The van der Waals surface area contributed by atoms with Crippen molar-refractivity contribution in [3.05, 3.63) is 42.1 Å². The van der Waals surface area contributed by atoms with Gasteiger partial charge in [-0.15, -0.1) is 0 Å². The Bertz CT molecular complexity index is 595. The summed E-state index contributed by atoms with van der Waals surface area (Å²) in [7, 11) is 0. The number of anilines is 2. The van der Waals surface area contributed by atoms with E-state index in [0.717, 1.165) is 0 Å². The summed E-state index contributed by atoms with van der Waals surface area (Å²) in [5, 5.41) is 8.45. The Morgan fingerprint density at radius 3 is 2.75 bits per heavy atom. The third-order valence-electron chi connectivity index (χ3n) is 2.35. The van der Waals surface area contributed by atoms with Crippen LogP contribution in [0.2, 0.25) is 0 Å². The van der Waals surface area contributed by atoms with Crippen LogP contribution in [0.4, 0.5) is 16.4 Å². The first kappa shape index (κ1) is 13.6. The number of amides is 2. The van der Waals surface area contributed by atoms with Crippen molar-refractivity contribution in [3.63, 3.8) is 0 Å². The average molecular weight is 275 g/mol. The number of carbonyl (C=O) groups excluding carboxylic acids is 2. The summed E-state index contributed by atoms with van der Waals surface area (Å²) in [6.45, 7) is 1.97. The maximum atomic E-state index is 11.8. The van der Waals surface area contributed by atoms with Gasteiger partial charge in [-0.05, 0) is 19.1 Å². The highest BCUT2D eigenvalue weighted by Gasteiger charge is 2.14. The number of nitrogens with zero attached hydrogens (tertiary/aromatic N) is 1. The third kappa shape index (κ3) is 3.35. The molecule has 0 unspecified atom stereocenters. The molecule has 1 aromatic heterocycles. The number of rotatable bonds is 4. The van der Waals surface area contributed by atoms with Crippen molar-refractivity contribution >= 4 is 23.6 Å². The maximum absolute atomic E-state index is 11.8. The minimum atomic E-state index is -0.543. The molecule has 2 aromatic rings. The molecule has 1 heterocycles. The number of nitrogens with one attached hydrogen (secondary N) is 2. The van der Waals surface area contributed by atoms with Crippen molar-refractivity contribution in [2.75, 3.05) is 17.2 Å². The fraction of sp³-hybridized carbons (Fsp3) is 0.154. The van der Waals surface area contributed by atoms with Gasteiger partial charge >= 0.3 is 12.0 Å². The minimum Gasteiger partial charge on any atom is -0.462 e. The number of aromatic nitrogens is 1. The number of ether oxygens (including phenoxy) is 1. The molecule has 2 rings (SSSR count). The molecule has 0 saturated heterocycles. The Labute approximate surface area is 114 Å². The first-order chi connectivity index (χ1) is 9.70. The Balaban J connectivity index is 2.09. The Kier molecular flexibility index (Phi) is 4.33. The summed E-state index contributed by atoms with van der Waals surface area (Å²) in [4.78, 5) is 23.5. The highest BCUT2D eigenvalue weighted by atomic mass is 16.5. The number of urea groups is 1. The van der Waals surface area contributed by atoms with E-state index in [0.29, 0.717) is 5.69 Å². The molecule has 0 bridgehead atoms. The predicted molar refractivity (Wildman–Crippen MR) is 71.5 cm³/mol. The van der Waals surface area contributed by atoms with Gasteiger partial charge in [0.1, 0.15) is 0 Å². The van der Waals surface area contributed by atoms with E-state index in [2.05, 4.69) is 15.8 Å². The van der Waals surface area contributed by atoms with Gasteiger partial charge in [0.05, 0.1) is 24.1 Å². The highest BCUT2D eigenvalue weighted by Crippen LogP contribution is 2.16. The molecule has 20 heavy (non-hydrogen) atoms. The standard InChI is InChI=1S/C13H13N3O4/c1-2-19-12(17)9-5-3-4-6-10(9)15-13(18)16-11-7-8-14-20-11/h3-8H,2H2,1H3,(H2,15,16,18). The SMILES string of the molecule is CCOC(=O)c1ccccc1NC(=O)Nc1ccno1. The molecule has 0 spiro atoms. The molecule has 7 nitrogen and oxygen atoms in total. The summed E-state index contributed by atoms with van der Waals surface area (Å²) >= 11 is 0. The zero-order valence-corrected chi connectivity index (χ0v) is 10.8. The lowest BCUT2D eigenvalue weighted by Gasteiger charge is -2.10. The molecule has 104 valence electrons. The summed E-state index contributed by atoms with van der Waals surface area (Å²) in [5.74, 6) is -0.292. The fourth-order valence-corrected chi connectivity index (χ4v) is 1.52. The van der Waals surface area contributed by atoms with Crippen molar-refractivity contribution in [2.24, 2.45) is 0 Å². The molecule has 0 aliphatic heterocycles. The zero-order chi connectivity index (χ0) is 14.4. The Morgan fingerprint density at radius 1 is 1.25 bits per heavy atom. The largest absolute Gasteiger partial charge is 0.462 e. The molecule has 0 aliphatic rings. The molecule has 1 aromatic carbocycles. The second-order valence-electron chi connectivity index (χ2n) is 3.72. The number of para-hydroxylation sites is 1. The lowest BCUT2D eigenvalue weighted by atomic mass is 10.2. The van der Waals surface area contributed by atoms with E-state index in [4.69, 9.17) is 9.26 Å². The number of esters is 1. The summed E-state index contributed by atoms with van der Waals surface area (Å²) in [6.07, 6.45) is 1.40. The second-order valence-corrected chi connectivity index (χ2v) is 3.72. The van der Waals surface area contributed by atoms with Gasteiger partial charge in [-0.3, -0.25) is 5.32 Å². The van der Waals surface area contributed by atoms with Gasteiger partial charge in [0.2, 0.25) is 5.88 Å². The van der Waals surface area contributed by atoms with Gasteiger partial charge in [-0.1, -0.05) is 17.3 Å². The highest BCUT2D eigenvalue weighted by molar-refractivity contribution is 6.04. The molecular formula is C13H13N3O4. The lowest BCUT2D eigenvalue weighted by Crippen LogP contribution is -2.21. The van der Waals surface area contributed by atoms with Crippen LogP contribution < -0.4 is 10.6 Å². The first-order valence-corrected chi connectivity index (χ1v) is 5.95. The molecule has 0 aliphatic carbocycles.